The molecule has 5 heteroatoms. The van der Waals surface area contributed by atoms with Crippen LogP contribution in [0.5, 0.6) is 0 Å². The summed E-state index contributed by atoms with van der Waals surface area (Å²) >= 11 is 0. The molecule has 0 aliphatic rings. The maximum absolute atomic E-state index is 13.5. The summed E-state index contributed by atoms with van der Waals surface area (Å²) in [4.78, 5) is 0.132. The Balaban J connectivity index is 3.07. The molecule has 1 aromatic carbocycles. The highest BCUT2D eigenvalue weighted by atomic mass is 32.2. The highest BCUT2D eigenvalue weighted by molar-refractivity contribution is 7.90. The lowest BCUT2D eigenvalue weighted by molar-refractivity contribution is 0.599. The molecular formula is C12H18FNO2S. The van der Waals surface area contributed by atoms with E-state index in [2.05, 4.69) is 5.32 Å². The second-order valence-electron chi connectivity index (χ2n) is 4.07. The molecule has 0 bridgehead atoms. The standard InChI is InChI=1S/C12H18FNO2S/c1-4-9(5-2)14-12-8-10(17(3,15)16)6-7-11(12)13/h6-9,14H,4-5H2,1-3H3. The van der Waals surface area contributed by atoms with E-state index < -0.39 is 15.7 Å². The summed E-state index contributed by atoms with van der Waals surface area (Å²) in [5.41, 5.74) is 0.252. The molecule has 17 heavy (non-hydrogen) atoms. The number of sulfone groups is 1. The molecule has 1 N–H and O–H groups in total. The van der Waals surface area contributed by atoms with Crippen molar-refractivity contribution in [2.24, 2.45) is 0 Å². The third-order valence-electron chi connectivity index (χ3n) is 2.71. The Labute approximate surface area is 102 Å². The third-order valence-corrected chi connectivity index (χ3v) is 3.82. The van der Waals surface area contributed by atoms with Crippen LogP contribution in [0.1, 0.15) is 26.7 Å². The Kier molecular flexibility index (Phi) is 4.51. The van der Waals surface area contributed by atoms with Crippen molar-refractivity contribution in [3.63, 3.8) is 0 Å². The van der Waals surface area contributed by atoms with Crippen LogP contribution < -0.4 is 5.32 Å². The maximum atomic E-state index is 13.5. The van der Waals surface area contributed by atoms with E-state index in [9.17, 15) is 12.8 Å². The predicted molar refractivity (Wildman–Crippen MR) is 67.5 cm³/mol. The lowest BCUT2D eigenvalue weighted by Crippen LogP contribution is -2.18. The van der Waals surface area contributed by atoms with Crippen molar-refractivity contribution in [2.45, 2.75) is 37.6 Å². The Morgan fingerprint density at radius 3 is 2.35 bits per heavy atom. The molecule has 96 valence electrons. The molecule has 0 saturated heterocycles. The molecule has 0 amide bonds. The van der Waals surface area contributed by atoms with E-state index in [0.717, 1.165) is 19.1 Å². The number of hydrogen-bond acceptors (Lipinski definition) is 3. The van der Waals surface area contributed by atoms with Crippen LogP contribution in [-0.4, -0.2) is 20.7 Å². The van der Waals surface area contributed by atoms with Crippen LogP contribution in [0.3, 0.4) is 0 Å². The topological polar surface area (TPSA) is 46.2 Å². The van der Waals surface area contributed by atoms with Gasteiger partial charge < -0.3 is 5.32 Å². The van der Waals surface area contributed by atoms with Gasteiger partial charge in [0.2, 0.25) is 0 Å². The first-order valence-corrected chi connectivity index (χ1v) is 7.53. The maximum Gasteiger partial charge on any atom is 0.175 e. The van der Waals surface area contributed by atoms with Crippen molar-refractivity contribution in [3.8, 4) is 0 Å². The molecule has 0 radical (unpaired) electrons. The lowest BCUT2D eigenvalue weighted by atomic mass is 10.1. The fourth-order valence-corrected chi connectivity index (χ4v) is 2.21. The molecule has 0 saturated carbocycles. The van der Waals surface area contributed by atoms with Crippen molar-refractivity contribution in [3.05, 3.63) is 24.0 Å². The molecule has 0 atom stereocenters. The van der Waals surface area contributed by atoms with E-state index >= 15 is 0 Å². The largest absolute Gasteiger partial charge is 0.380 e. The van der Waals surface area contributed by atoms with Crippen LogP contribution in [0, 0.1) is 5.82 Å². The van der Waals surface area contributed by atoms with Crippen molar-refractivity contribution in [1.29, 1.82) is 0 Å². The van der Waals surface area contributed by atoms with Gasteiger partial charge in [-0.3, -0.25) is 0 Å². The van der Waals surface area contributed by atoms with Gasteiger partial charge in [0.25, 0.3) is 0 Å². The first-order chi connectivity index (χ1) is 7.88. The van der Waals surface area contributed by atoms with Gasteiger partial charge in [-0.15, -0.1) is 0 Å². The van der Waals surface area contributed by atoms with E-state index in [1.807, 2.05) is 13.8 Å². The normalized spacial score (nSPS) is 11.8. The second-order valence-corrected chi connectivity index (χ2v) is 6.09. The molecule has 1 rings (SSSR count). The number of hydrogen-bond donors (Lipinski definition) is 1. The van der Waals surface area contributed by atoms with Gasteiger partial charge >= 0.3 is 0 Å². The molecule has 3 nitrogen and oxygen atoms in total. The van der Waals surface area contributed by atoms with Crippen molar-refractivity contribution >= 4 is 15.5 Å². The summed E-state index contributed by atoms with van der Waals surface area (Å²) in [6.07, 6.45) is 2.83. The molecular weight excluding hydrogens is 241 g/mol. The van der Waals surface area contributed by atoms with Crippen LogP contribution in [0.2, 0.25) is 0 Å². The highest BCUT2D eigenvalue weighted by Crippen LogP contribution is 2.21. The van der Waals surface area contributed by atoms with Crippen LogP contribution in [0.15, 0.2) is 23.1 Å². The van der Waals surface area contributed by atoms with Gasteiger partial charge in [-0.1, -0.05) is 13.8 Å². The number of anilines is 1. The molecule has 0 unspecified atom stereocenters. The minimum Gasteiger partial charge on any atom is -0.380 e. The molecule has 0 fully saturated rings. The van der Waals surface area contributed by atoms with Crippen LogP contribution in [-0.2, 0) is 9.84 Å². The summed E-state index contributed by atoms with van der Waals surface area (Å²) in [5, 5.41) is 3.02. The van der Waals surface area contributed by atoms with Gasteiger partial charge in [-0.05, 0) is 31.0 Å². The fourth-order valence-electron chi connectivity index (χ4n) is 1.56. The minimum absolute atomic E-state index is 0.132. The summed E-state index contributed by atoms with van der Waals surface area (Å²) in [6, 6.07) is 3.96. The Bertz CT molecular complexity index is 481. The molecule has 0 heterocycles. The quantitative estimate of drug-likeness (QED) is 0.827. The zero-order valence-electron chi connectivity index (χ0n) is 10.3. The van der Waals surface area contributed by atoms with Crippen LogP contribution in [0.25, 0.3) is 0 Å². The third kappa shape index (κ3) is 3.70. The van der Waals surface area contributed by atoms with Crippen molar-refractivity contribution < 1.29 is 12.8 Å². The van der Waals surface area contributed by atoms with Crippen molar-refractivity contribution in [2.75, 3.05) is 11.6 Å². The van der Waals surface area contributed by atoms with Gasteiger partial charge in [0.1, 0.15) is 5.82 Å². The van der Waals surface area contributed by atoms with E-state index in [0.29, 0.717) is 0 Å². The summed E-state index contributed by atoms with van der Waals surface area (Å²) in [5.74, 6) is -0.427. The van der Waals surface area contributed by atoms with E-state index in [4.69, 9.17) is 0 Å². The summed E-state index contributed by atoms with van der Waals surface area (Å²) in [7, 11) is -3.30. The average Bonchev–Trinajstić information content (AvgIpc) is 2.26. The highest BCUT2D eigenvalue weighted by Gasteiger charge is 2.12. The first kappa shape index (κ1) is 14.0. The summed E-state index contributed by atoms with van der Waals surface area (Å²) in [6.45, 7) is 4.00. The Morgan fingerprint density at radius 2 is 1.88 bits per heavy atom. The second kappa shape index (κ2) is 5.49. The summed E-state index contributed by atoms with van der Waals surface area (Å²) < 4.78 is 36.3. The van der Waals surface area contributed by atoms with Gasteiger partial charge in [0, 0.05) is 12.3 Å². The minimum atomic E-state index is -3.30. The molecule has 0 spiro atoms. The average molecular weight is 259 g/mol. The van der Waals surface area contributed by atoms with Crippen LogP contribution >= 0.6 is 0 Å². The van der Waals surface area contributed by atoms with E-state index in [-0.39, 0.29) is 16.6 Å². The number of rotatable bonds is 5. The van der Waals surface area contributed by atoms with Gasteiger partial charge in [0.05, 0.1) is 10.6 Å². The van der Waals surface area contributed by atoms with E-state index in [1.54, 1.807) is 0 Å². The zero-order chi connectivity index (χ0) is 13.1. The smallest absolute Gasteiger partial charge is 0.175 e. The lowest BCUT2D eigenvalue weighted by Gasteiger charge is -2.17. The fraction of sp³-hybridized carbons (Fsp3) is 0.500. The molecule has 0 aliphatic carbocycles. The number of halogens is 1. The molecule has 0 aromatic heterocycles. The molecule has 1 aromatic rings. The molecule has 0 aliphatic heterocycles. The van der Waals surface area contributed by atoms with Gasteiger partial charge in [-0.25, -0.2) is 12.8 Å². The van der Waals surface area contributed by atoms with Gasteiger partial charge in [0.15, 0.2) is 9.84 Å². The van der Waals surface area contributed by atoms with Crippen molar-refractivity contribution in [1.82, 2.24) is 0 Å². The first-order valence-electron chi connectivity index (χ1n) is 5.64. The Hall–Kier alpha value is -1.10. The predicted octanol–water partition coefficient (Wildman–Crippen LogP) is 2.83. The Morgan fingerprint density at radius 1 is 1.29 bits per heavy atom. The number of nitrogens with one attached hydrogen (secondary N) is 1. The zero-order valence-corrected chi connectivity index (χ0v) is 11.1. The monoisotopic (exact) mass is 259 g/mol. The van der Waals surface area contributed by atoms with E-state index in [1.165, 1.54) is 18.2 Å². The van der Waals surface area contributed by atoms with Gasteiger partial charge in [-0.2, -0.15) is 0 Å². The number of benzene rings is 1. The van der Waals surface area contributed by atoms with Crippen LogP contribution in [0.4, 0.5) is 10.1 Å². The SMILES string of the molecule is CCC(CC)Nc1cc(S(C)(=O)=O)ccc1F.